The topological polar surface area (TPSA) is 41.8 Å². The van der Waals surface area contributed by atoms with Crippen molar-refractivity contribution in [2.75, 3.05) is 6.61 Å². The summed E-state index contributed by atoms with van der Waals surface area (Å²) in [5.41, 5.74) is 0.819. The fourth-order valence-electron chi connectivity index (χ4n) is 1.80. The standard InChI is InChI=1S/C14H15NO2/c1-2-9-17-14-8-7-11-5-3-4-6-12(11)13(14)10-15-16/h3-8,10,16H,2,9H2,1H3/b15-10-. The summed E-state index contributed by atoms with van der Waals surface area (Å²) < 4.78 is 5.64. The molecule has 1 N–H and O–H groups in total. The van der Waals surface area contributed by atoms with Crippen molar-refractivity contribution in [3.63, 3.8) is 0 Å². The summed E-state index contributed by atoms with van der Waals surface area (Å²) >= 11 is 0. The molecule has 0 aromatic heterocycles. The van der Waals surface area contributed by atoms with Crippen molar-refractivity contribution >= 4 is 17.0 Å². The Morgan fingerprint density at radius 2 is 2.06 bits per heavy atom. The molecule has 0 heterocycles. The molecule has 0 saturated heterocycles. The highest BCUT2D eigenvalue weighted by Crippen LogP contribution is 2.26. The van der Waals surface area contributed by atoms with Crippen LogP contribution in [0.3, 0.4) is 0 Å². The minimum atomic E-state index is 0.657. The van der Waals surface area contributed by atoms with Gasteiger partial charge in [0.2, 0.25) is 0 Å². The highest BCUT2D eigenvalue weighted by atomic mass is 16.5. The van der Waals surface area contributed by atoms with Crippen molar-refractivity contribution in [2.45, 2.75) is 13.3 Å². The van der Waals surface area contributed by atoms with E-state index in [0.717, 1.165) is 28.5 Å². The van der Waals surface area contributed by atoms with Crippen LogP contribution in [0, 0.1) is 0 Å². The van der Waals surface area contributed by atoms with Gasteiger partial charge in [-0.15, -0.1) is 0 Å². The molecule has 0 bridgehead atoms. The summed E-state index contributed by atoms with van der Waals surface area (Å²) in [6.45, 7) is 2.71. The molecule has 88 valence electrons. The number of benzene rings is 2. The van der Waals surface area contributed by atoms with Gasteiger partial charge in [-0.05, 0) is 23.3 Å². The first-order valence-electron chi connectivity index (χ1n) is 5.68. The van der Waals surface area contributed by atoms with Crippen molar-refractivity contribution in [1.29, 1.82) is 0 Å². The van der Waals surface area contributed by atoms with E-state index in [2.05, 4.69) is 12.1 Å². The summed E-state index contributed by atoms with van der Waals surface area (Å²) in [5, 5.41) is 14.0. The van der Waals surface area contributed by atoms with E-state index in [1.807, 2.05) is 36.4 Å². The summed E-state index contributed by atoms with van der Waals surface area (Å²) in [6.07, 6.45) is 2.37. The van der Waals surface area contributed by atoms with Crippen LogP contribution in [0.2, 0.25) is 0 Å². The third kappa shape index (κ3) is 2.38. The first kappa shape index (κ1) is 11.5. The number of hydrogen-bond acceptors (Lipinski definition) is 3. The van der Waals surface area contributed by atoms with Crippen molar-refractivity contribution in [3.8, 4) is 5.75 Å². The molecule has 0 radical (unpaired) electrons. The third-order valence-electron chi connectivity index (χ3n) is 2.58. The van der Waals surface area contributed by atoms with Crippen LogP contribution in [-0.2, 0) is 0 Å². The lowest BCUT2D eigenvalue weighted by molar-refractivity contribution is 0.314. The minimum Gasteiger partial charge on any atom is -0.493 e. The number of rotatable bonds is 4. The maximum Gasteiger partial charge on any atom is 0.128 e. The number of fused-ring (bicyclic) bond motifs is 1. The van der Waals surface area contributed by atoms with Gasteiger partial charge in [0.05, 0.1) is 12.8 Å². The van der Waals surface area contributed by atoms with E-state index in [1.54, 1.807) is 0 Å². The Labute approximate surface area is 100 Å². The van der Waals surface area contributed by atoms with Gasteiger partial charge in [-0.2, -0.15) is 0 Å². The van der Waals surface area contributed by atoms with Crippen LogP contribution in [0.25, 0.3) is 10.8 Å². The van der Waals surface area contributed by atoms with Gasteiger partial charge in [0, 0.05) is 5.56 Å². The largest absolute Gasteiger partial charge is 0.493 e. The molecule has 2 aromatic rings. The lowest BCUT2D eigenvalue weighted by atomic mass is 10.0. The van der Waals surface area contributed by atoms with Crippen molar-refractivity contribution < 1.29 is 9.94 Å². The van der Waals surface area contributed by atoms with Gasteiger partial charge in [-0.25, -0.2) is 0 Å². The summed E-state index contributed by atoms with van der Waals surface area (Å²) in [6, 6.07) is 11.9. The second-order valence-electron chi connectivity index (χ2n) is 3.79. The van der Waals surface area contributed by atoms with Crippen LogP contribution in [0.4, 0.5) is 0 Å². The van der Waals surface area contributed by atoms with E-state index in [4.69, 9.17) is 9.94 Å². The quantitative estimate of drug-likeness (QED) is 0.495. The fourth-order valence-corrected chi connectivity index (χ4v) is 1.80. The molecule has 0 fully saturated rings. The highest BCUT2D eigenvalue weighted by Gasteiger charge is 2.06. The molecule has 2 aromatic carbocycles. The number of ether oxygens (including phenoxy) is 1. The second kappa shape index (κ2) is 5.34. The highest BCUT2D eigenvalue weighted by molar-refractivity contribution is 6.02. The second-order valence-corrected chi connectivity index (χ2v) is 3.79. The molecule has 0 atom stereocenters. The summed E-state index contributed by atoms with van der Waals surface area (Å²) in [4.78, 5) is 0. The Kier molecular flexibility index (Phi) is 3.60. The fraction of sp³-hybridized carbons (Fsp3) is 0.214. The lowest BCUT2D eigenvalue weighted by Crippen LogP contribution is -1.99. The number of hydrogen-bond donors (Lipinski definition) is 1. The first-order chi connectivity index (χ1) is 8.36. The van der Waals surface area contributed by atoms with Gasteiger partial charge >= 0.3 is 0 Å². The molecule has 0 unspecified atom stereocenters. The van der Waals surface area contributed by atoms with Crippen LogP contribution < -0.4 is 4.74 Å². The van der Waals surface area contributed by atoms with E-state index in [9.17, 15) is 0 Å². The van der Waals surface area contributed by atoms with E-state index < -0.39 is 0 Å². The monoisotopic (exact) mass is 229 g/mol. The molecule has 0 aliphatic rings. The Bertz CT molecular complexity index is 535. The maximum atomic E-state index is 8.74. The van der Waals surface area contributed by atoms with E-state index >= 15 is 0 Å². The predicted molar refractivity (Wildman–Crippen MR) is 69.1 cm³/mol. The molecule has 0 aliphatic heterocycles. The molecule has 0 aliphatic carbocycles. The first-order valence-corrected chi connectivity index (χ1v) is 5.68. The van der Waals surface area contributed by atoms with Crippen LogP contribution >= 0.6 is 0 Å². The molecule has 17 heavy (non-hydrogen) atoms. The average molecular weight is 229 g/mol. The normalized spacial score (nSPS) is 11.1. The molecule has 2 rings (SSSR count). The average Bonchev–Trinajstić information content (AvgIpc) is 2.38. The molecule has 3 heteroatoms. The molecule has 3 nitrogen and oxygen atoms in total. The molecular formula is C14H15NO2. The summed E-state index contributed by atoms with van der Waals surface area (Å²) in [5.74, 6) is 0.753. The predicted octanol–water partition coefficient (Wildman–Crippen LogP) is 3.44. The van der Waals surface area contributed by atoms with Crippen molar-refractivity contribution in [3.05, 3.63) is 42.0 Å². The Hall–Kier alpha value is -2.03. The van der Waals surface area contributed by atoms with Crippen LogP contribution in [0.15, 0.2) is 41.6 Å². The molecule has 0 amide bonds. The SMILES string of the molecule is CCCOc1ccc2ccccc2c1/C=N\O. The van der Waals surface area contributed by atoms with Gasteiger partial charge < -0.3 is 9.94 Å². The zero-order chi connectivity index (χ0) is 12.1. The Morgan fingerprint density at radius 3 is 2.82 bits per heavy atom. The Balaban J connectivity index is 2.55. The van der Waals surface area contributed by atoms with Crippen molar-refractivity contribution in [1.82, 2.24) is 0 Å². The van der Waals surface area contributed by atoms with E-state index in [0.29, 0.717) is 6.61 Å². The van der Waals surface area contributed by atoms with Gasteiger partial charge in [0.25, 0.3) is 0 Å². The molecular weight excluding hydrogens is 214 g/mol. The maximum absolute atomic E-state index is 8.74. The smallest absolute Gasteiger partial charge is 0.128 e. The zero-order valence-corrected chi connectivity index (χ0v) is 9.76. The third-order valence-corrected chi connectivity index (χ3v) is 2.58. The van der Waals surface area contributed by atoms with Gasteiger partial charge in [0.15, 0.2) is 0 Å². The zero-order valence-electron chi connectivity index (χ0n) is 9.76. The number of oxime groups is 1. The van der Waals surface area contributed by atoms with Gasteiger partial charge in [-0.3, -0.25) is 0 Å². The van der Waals surface area contributed by atoms with Crippen LogP contribution in [0.5, 0.6) is 5.75 Å². The van der Waals surface area contributed by atoms with Gasteiger partial charge in [-0.1, -0.05) is 42.4 Å². The minimum absolute atomic E-state index is 0.657. The number of nitrogens with zero attached hydrogens (tertiary/aromatic N) is 1. The molecule has 0 spiro atoms. The van der Waals surface area contributed by atoms with Crippen LogP contribution in [-0.4, -0.2) is 18.0 Å². The van der Waals surface area contributed by atoms with E-state index in [-0.39, 0.29) is 0 Å². The molecule has 0 saturated carbocycles. The van der Waals surface area contributed by atoms with Crippen molar-refractivity contribution in [2.24, 2.45) is 5.16 Å². The Morgan fingerprint density at radius 1 is 1.24 bits per heavy atom. The van der Waals surface area contributed by atoms with E-state index in [1.165, 1.54) is 6.21 Å². The van der Waals surface area contributed by atoms with Gasteiger partial charge in [0.1, 0.15) is 5.75 Å². The summed E-state index contributed by atoms with van der Waals surface area (Å²) in [7, 11) is 0. The van der Waals surface area contributed by atoms with Crippen LogP contribution in [0.1, 0.15) is 18.9 Å². The lowest BCUT2D eigenvalue weighted by Gasteiger charge is -2.10.